The van der Waals surface area contributed by atoms with E-state index in [1.807, 2.05) is 6.07 Å². The minimum absolute atomic E-state index is 0.219. The smallest absolute Gasteiger partial charge is 0.134 e. The van der Waals surface area contributed by atoms with E-state index in [4.69, 9.17) is 0 Å². The monoisotopic (exact) mass is 231 g/mol. The number of benzene rings is 1. The molecule has 0 fully saturated rings. The van der Waals surface area contributed by atoms with E-state index < -0.39 is 0 Å². The molecule has 2 rings (SSSR count). The van der Waals surface area contributed by atoms with Crippen LogP contribution in [0.1, 0.15) is 0 Å². The van der Waals surface area contributed by atoms with Gasteiger partial charge in [0.15, 0.2) is 0 Å². The number of hydrogen-bond donors (Lipinski definition) is 0. The number of hydrogen-bond acceptors (Lipinski definition) is 2. The lowest BCUT2D eigenvalue weighted by Crippen LogP contribution is -1.73. The fourth-order valence-electron chi connectivity index (χ4n) is 0.898. The molecule has 0 aliphatic rings. The van der Waals surface area contributed by atoms with E-state index in [1.54, 1.807) is 6.20 Å². The van der Waals surface area contributed by atoms with Crippen molar-refractivity contribution < 1.29 is 4.39 Å². The van der Waals surface area contributed by atoms with Crippen LogP contribution in [0.25, 0.3) is 10.1 Å². The largest absolute Gasteiger partial charge is 0.206 e. The molecule has 0 saturated heterocycles. The molecule has 0 atom stereocenters. The van der Waals surface area contributed by atoms with Gasteiger partial charge in [0.25, 0.3) is 0 Å². The summed E-state index contributed by atoms with van der Waals surface area (Å²) in [6.07, 6.45) is 1.54. The van der Waals surface area contributed by atoms with Crippen LogP contribution in [-0.2, 0) is 0 Å². The summed E-state index contributed by atoms with van der Waals surface area (Å²) in [6.45, 7) is 0. The lowest BCUT2D eigenvalue weighted by Gasteiger charge is -1.91. The van der Waals surface area contributed by atoms with Crippen molar-refractivity contribution in [3.05, 3.63) is 28.6 Å². The molecule has 0 aliphatic heterocycles. The standard InChI is InChI=1S/C7H3BrFNS/c8-4-1-6(9)5-3-10-11-7(5)2-4/h1-3H. The number of rotatable bonds is 0. The lowest BCUT2D eigenvalue weighted by molar-refractivity contribution is 0.639. The second kappa shape index (κ2) is 2.53. The molecule has 0 N–H and O–H groups in total. The number of halogens is 2. The first-order valence-electron chi connectivity index (χ1n) is 2.97. The first kappa shape index (κ1) is 7.18. The van der Waals surface area contributed by atoms with Gasteiger partial charge < -0.3 is 0 Å². The van der Waals surface area contributed by atoms with Gasteiger partial charge >= 0.3 is 0 Å². The molecule has 0 radical (unpaired) electrons. The first-order valence-corrected chi connectivity index (χ1v) is 4.53. The zero-order valence-corrected chi connectivity index (χ0v) is 7.75. The van der Waals surface area contributed by atoms with Gasteiger partial charge in [0.05, 0.1) is 10.9 Å². The molecule has 0 spiro atoms. The molecular weight excluding hydrogens is 229 g/mol. The quantitative estimate of drug-likeness (QED) is 0.679. The van der Waals surface area contributed by atoms with Gasteiger partial charge in [-0.15, -0.1) is 0 Å². The van der Waals surface area contributed by atoms with Crippen molar-refractivity contribution in [2.75, 3.05) is 0 Å². The van der Waals surface area contributed by atoms with Crippen molar-refractivity contribution in [2.45, 2.75) is 0 Å². The van der Waals surface area contributed by atoms with Crippen LogP contribution >= 0.6 is 27.5 Å². The minimum Gasteiger partial charge on any atom is -0.206 e. The van der Waals surface area contributed by atoms with Gasteiger partial charge in [-0.2, -0.15) is 4.37 Å². The maximum atomic E-state index is 13.0. The average Bonchev–Trinajstić information content (AvgIpc) is 2.34. The van der Waals surface area contributed by atoms with Gasteiger partial charge in [0, 0.05) is 9.86 Å². The third kappa shape index (κ3) is 1.16. The summed E-state index contributed by atoms with van der Waals surface area (Å²) in [5.41, 5.74) is 0. The topological polar surface area (TPSA) is 12.9 Å². The predicted molar refractivity (Wildman–Crippen MR) is 47.3 cm³/mol. The summed E-state index contributed by atoms with van der Waals surface area (Å²) in [5.74, 6) is -0.219. The van der Waals surface area contributed by atoms with Crippen LogP contribution in [0.3, 0.4) is 0 Å². The Morgan fingerprint density at radius 2 is 2.27 bits per heavy atom. The third-order valence-corrected chi connectivity index (χ3v) is 2.59. The Morgan fingerprint density at radius 3 is 3.09 bits per heavy atom. The van der Waals surface area contributed by atoms with Crippen LogP contribution in [0.2, 0.25) is 0 Å². The highest BCUT2D eigenvalue weighted by Gasteiger charge is 2.03. The number of aromatic nitrogens is 1. The summed E-state index contributed by atoms with van der Waals surface area (Å²) in [5, 5.41) is 0.596. The fourth-order valence-corrected chi connectivity index (χ4v) is 2.18. The number of nitrogens with zero attached hydrogens (tertiary/aromatic N) is 1. The highest BCUT2D eigenvalue weighted by Crippen LogP contribution is 2.25. The first-order chi connectivity index (χ1) is 5.27. The van der Waals surface area contributed by atoms with Crippen LogP contribution < -0.4 is 0 Å². The van der Waals surface area contributed by atoms with Crippen molar-refractivity contribution in [2.24, 2.45) is 0 Å². The molecule has 11 heavy (non-hydrogen) atoms. The molecular formula is C7H3BrFNS. The third-order valence-electron chi connectivity index (χ3n) is 1.39. The summed E-state index contributed by atoms with van der Waals surface area (Å²) >= 11 is 4.50. The Bertz CT molecular complexity index is 398. The van der Waals surface area contributed by atoms with Crippen molar-refractivity contribution in [3.8, 4) is 0 Å². The van der Waals surface area contributed by atoms with Gasteiger partial charge in [0.1, 0.15) is 5.82 Å². The molecule has 0 aliphatic carbocycles. The van der Waals surface area contributed by atoms with E-state index in [1.165, 1.54) is 17.6 Å². The molecule has 1 heterocycles. The highest BCUT2D eigenvalue weighted by atomic mass is 79.9. The molecule has 4 heteroatoms. The van der Waals surface area contributed by atoms with Crippen LogP contribution in [0.5, 0.6) is 0 Å². The molecule has 1 aromatic heterocycles. The van der Waals surface area contributed by atoms with Gasteiger partial charge in [-0.25, -0.2) is 4.39 Å². The molecule has 2 aromatic rings. The Kier molecular flexibility index (Phi) is 1.65. The van der Waals surface area contributed by atoms with E-state index in [0.29, 0.717) is 5.39 Å². The van der Waals surface area contributed by atoms with E-state index in [9.17, 15) is 4.39 Å². The van der Waals surface area contributed by atoms with Gasteiger partial charge in [0.2, 0.25) is 0 Å². The van der Waals surface area contributed by atoms with Gasteiger partial charge in [-0.1, -0.05) is 15.9 Å². The summed E-state index contributed by atoms with van der Waals surface area (Å²) in [7, 11) is 0. The van der Waals surface area contributed by atoms with Crippen LogP contribution in [0, 0.1) is 5.82 Å². The van der Waals surface area contributed by atoms with Gasteiger partial charge in [-0.3, -0.25) is 0 Å². The molecule has 0 amide bonds. The normalized spacial score (nSPS) is 10.7. The molecule has 0 bridgehead atoms. The van der Waals surface area contributed by atoms with E-state index in [-0.39, 0.29) is 5.82 Å². The van der Waals surface area contributed by atoms with Crippen molar-refractivity contribution in [1.29, 1.82) is 0 Å². The van der Waals surface area contributed by atoms with Gasteiger partial charge in [-0.05, 0) is 23.7 Å². The van der Waals surface area contributed by atoms with Crippen LogP contribution in [-0.4, -0.2) is 4.37 Å². The maximum absolute atomic E-state index is 13.0. The van der Waals surface area contributed by atoms with E-state index >= 15 is 0 Å². The summed E-state index contributed by atoms with van der Waals surface area (Å²) < 4.78 is 18.5. The molecule has 1 nitrogen and oxygen atoms in total. The van der Waals surface area contributed by atoms with Crippen LogP contribution in [0.15, 0.2) is 22.8 Å². The zero-order chi connectivity index (χ0) is 7.84. The second-order valence-electron chi connectivity index (χ2n) is 2.13. The Morgan fingerprint density at radius 1 is 1.45 bits per heavy atom. The average molecular weight is 232 g/mol. The summed E-state index contributed by atoms with van der Waals surface area (Å²) in [6, 6.07) is 3.30. The van der Waals surface area contributed by atoms with E-state index in [0.717, 1.165) is 9.17 Å². The Balaban J connectivity index is 2.91. The molecule has 56 valence electrons. The minimum atomic E-state index is -0.219. The Hall–Kier alpha value is -0.480. The van der Waals surface area contributed by atoms with Crippen molar-refractivity contribution in [3.63, 3.8) is 0 Å². The maximum Gasteiger partial charge on any atom is 0.134 e. The van der Waals surface area contributed by atoms with Crippen LogP contribution in [0.4, 0.5) is 4.39 Å². The number of fused-ring (bicyclic) bond motifs is 1. The molecule has 0 unspecified atom stereocenters. The lowest BCUT2D eigenvalue weighted by atomic mass is 10.3. The second-order valence-corrected chi connectivity index (χ2v) is 3.87. The predicted octanol–water partition coefficient (Wildman–Crippen LogP) is 3.20. The SMILES string of the molecule is Fc1cc(Br)cc2sncc12. The van der Waals surface area contributed by atoms with Crippen molar-refractivity contribution in [1.82, 2.24) is 4.37 Å². The van der Waals surface area contributed by atoms with Crippen molar-refractivity contribution >= 4 is 37.5 Å². The molecule has 1 aromatic carbocycles. The van der Waals surface area contributed by atoms with E-state index in [2.05, 4.69) is 20.3 Å². The molecule has 0 saturated carbocycles. The zero-order valence-electron chi connectivity index (χ0n) is 5.34. The fraction of sp³-hybridized carbons (Fsp3) is 0. The highest BCUT2D eigenvalue weighted by molar-refractivity contribution is 9.10. The summed E-state index contributed by atoms with van der Waals surface area (Å²) in [4.78, 5) is 0. The Labute approximate surface area is 75.1 Å².